The molecule has 0 spiro atoms. The number of benzene rings is 1. The Labute approximate surface area is 127 Å². The molecule has 0 radical (unpaired) electrons. The first kappa shape index (κ1) is 15.6. The molecule has 0 aliphatic heterocycles. The van der Waals surface area contributed by atoms with Crippen LogP contribution in [-0.2, 0) is 13.1 Å². The first-order chi connectivity index (χ1) is 9.95. The Balaban J connectivity index is 2.00. The Hall–Kier alpha value is -1.79. The molecule has 0 fully saturated rings. The summed E-state index contributed by atoms with van der Waals surface area (Å²) < 4.78 is 12.8. The van der Waals surface area contributed by atoms with Crippen LogP contribution >= 0.6 is 11.3 Å². The fourth-order valence-corrected chi connectivity index (χ4v) is 2.97. The molecule has 0 unspecified atom stereocenters. The van der Waals surface area contributed by atoms with Gasteiger partial charge in [0.15, 0.2) is 0 Å². The van der Waals surface area contributed by atoms with Crippen molar-refractivity contribution in [2.75, 3.05) is 14.1 Å². The number of rotatable bonds is 5. The number of hydrogen-bond acceptors (Lipinski definition) is 4. The fourth-order valence-electron chi connectivity index (χ4n) is 1.87. The van der Waals surface area contributed by atoms with Crippen molar-refractivity contribution in [3.05, 3.63) is 51.2 Å². The molecule has 1 heterocycles. The van der Waals surface area contributed by atoms with Crippen LogP contribution < -0.4 is 5.32 Å². The van der Waals surface area contributed by atoms with E-state index in [4.69, 9.17) is 0 Å². The zero-order chi connectivity index (χ0) is 15.4. The molecule has 0 aliphatic rings. The molecule has 2 rings (SSSR count). The largest absolute Gasteiger partial charge is 0.347 e. The van der Waals surface area contributed by atoms with Crippen LogP contribution in [0.2, 0.25) is 0 Å². The van der Waals surface area contributed by atoms with E-state index in [1.165, 1.54) is 23.5 Å². The molecular formula is C15H18FN3OS. The predicted octanol–water partition coefficient (Wildman–Crippen LogP) is 2.58. The van der Waals surface area contributed by atoms with Crippen LogP contribution in [0.1, 0.15) is 25.9 Å². The minimum atomic E-state index is -0.281. The zero-order valence-electron chi connectivity index (χ0n) is 12.3. The van der Waals surface area contributed by atoms with Gasteiger partial charge in [-0.2, -0.15) is 0 Å². The lowest BCUT2D eigenvalue weighted by Gasteiger charge is -2.05. The van der Waals surface area contributed by atoms with Crippen LogP contribution in [-0.4, -0.2) is 29.9 Å². The van der Waals surface area contributed by atoms with E-state index >= 15 is 0 Å². The molecule has 1 aromatic heterocycles. The Morgan fingerprint density at radius 3 is 2.62 bits per heavy atom. The number of carbonyl (C=O) groups excluding carboxylic acids is 1. The lowest BCUT2D eigenvalue weighted by atomic mass is 10.2. The van der Waals surface area contributed by atoms with Crippen LogP contribution in [0.3, 0.4) is 0 Å². The Morgan fingerprint density at radius 2 is 2.00 bits per heavy atom. The quantitative estimate of drug-likeness (QED) is 0.923. The van der Waals surface area contributed by atoms with E-state index in [0.29, 0.717) is 11.4 Å². The molecule has 112 valence electrons. The standard InChI is InChI=1S/C15H18FN3OS/c1-10-14(21-13(18-10)9-19(2)3)15(20)17-8-11-4-6-12(16)7-5-11/h4-7H,8-9H2,1-3H3,(H,17,20). The molecule has 0 saturated carbocycles. The second-order valence-electron chi connectivity index (χ2n) is 5.07. The Kier molecular flexibility index (Phi) is 5.03. The van der Waals surface area contributed by atoms with E-state index in [0.717, 1.165) is 22.8 Å². The molecular weight excluding hydrogens is 289 g/mol. The summed E-state index contributed by atoms with van der Waals surface area (Å²) in [7, 11) is 3.93. The van der Waals surface area contributed by atoms with E-state index in [2.05, 4.69) is 10.3 Å². The van der Waals surface area contributed by atoms with Crippen molar-refractivity contribution in [1.82, 2.24) is 15.2 Å². The number of aryl methyl sites for hydroxylation is 1. The molecule has 1 aromatic carbocycles. The smallest absolute Gasteiger partial charge is 0.263 e. The molecule has 21 heavy (non-hydrogen) atoms. The Morgan fingerprint density at radius 1 is 1.33 bits per heavy atom. The lowest BCUT2D eigenvalue weighted by Crippen LogP contribution is -2.22. The first-order valence-electron chi connectivity index (χ1n) is 6.59. The van der Waals surface area contributed by atoms with Gasteiger partial charge >= 0.3 is 0 Å². The van der Waals surface area contributed by atoms with E-state index in [-0.39, 0.29) is 11.7 Å². The van der Waals surface area contributed by atoms with Crippen LogP contribution in [0.15, 0.2) is 24.3 Å². The third-order valence-corrected chi connectivity index (χ3v) is 4.01. The highest BCUT2D eigenvalue weighted by molar-refractivity contribution is 7.13. The van der Waals surface area contributed by atoms with Gasteiger partial charge in [-0.05, 0) is 38.7 Å². The predicted molar refractivity (Wildman–Crippen MR) is 81.8 cm³/mol. The van der Waals surface area contributed by atoms with Crippen molar-refractivity contribution < 1.29 is 9.18 Å². The molecule has 0 aliphatic carbocycles. The summed E-state index contributed by atoms with van der Waals surface area (Å²) in [6.45, 7) is 2.93. The summed E-state index contributed by atoms with van der Waals surface area (Å²) in [5.41, 5.74) is 1.61. The zero-order valence-corrected chi connectivity index (χ0v) is 13.1. The topological polar surface area (TPSA) is 45.2 Å². The number of nitrogens with zero attached hydrogens (tertiary/aromatic N) is 2. The van der Waals surface area contributed by atoms with Gasteiger partial charge in [-0.25, -0.2) is 9.37 Å². The number of aromatic nitrogens is 1. The number of halogens is 1. The van der Waals surface area contributed by atoms with E-state index < -0.39 is 0 Å². The molecule has 0 saturated heterocycles. The van der Waals surface area contributed by atoms with Gasteiger partial charge in [-0.3, -0.25) is 4.79 Å². The molecule has 2 aromatic rings. The molecule has 6 heteroatoms. The lowest BCUT2D eigenvalue weighted by molar-refractivity contribution is 0.0954. The van der Waals surface area contributed by atoms with Crippen LogP contribution in [0.4, 0.5) is 4.39 Å². The molecule has 4 nitrogen and oxygen atoms in total. The SMILES string of the molecule is Cc1nc(CN(C)C)sc1C(=O)NCc1ccc(F)cc1. The summed E-state index contributed by atoms with van der Waals surface area (Å²) in [5.74, 6) is -0.420. The van der Waals surface area contributed by atoms with Gasteiger partial charge in [0, 0.05) is 13.1 Å². The number of thiazole rings is 1. The number of carbonyl (C=O) groups is 1. The summed E-state index contributed by atoms with van der Waals surface area (Å²) in [6, 6.07) is 6.09. The highest BCUT2D eigenvalue weighted by Gasteiger charge is 2.15. The van der Waals surface area contributed by atoms with Gasteiger partial charge in [0.05, 0.1) is 5.69 Å². The molecule has 1 amide bonds. The van der Waals surface area contributed by atoms with Gasteiger partial charge in [0.1, 0.15) is 15.7 Å². The van der Waals surface area contributed by atoms with Crippen LogP contribution in [0.5, 0.6) is 0 Å². The third kappa shape index (κ3) is 4.34. The second-order valence-corrected chi connectivity index (χ2v) is 6.15. The highest BCUT2D eigenvalue weighted by Crippen LogP contribution is 2.19. The average Bonchev–Trinajstić information content (AvgIpc) is 2.77. The molecule has 0 bridgehead atoms. The Bertz CT molecular complexity index is 622. The summed E-state index contributed by atoms with van der Waals surface area (Å²) in [4.78, 5) is 19.2. The van der Waals surface area contributed by atoms with Crippen molar-refractivity contribution >= 4 is 17.2 Å². The number of nitrogens with one attached hydrogen (secondary N) is 1. The second kappa shape index (κ2) is 6.78. The van der Waals surface area contributed by atoms with Gasteiger partial charge < -0.3 is 10.2 Å². The maximum atomic E-state index is 12.8. The fraction of sp³-hybridized carbons (Fsp3) is 0.333. The maximum Gasteiger partial charge on any atom is 0.263 e. The monoisotopic (exact) mass is 307 g/mol. The summed E-state index contributed by atoms with van der Waals surface area (Å²) in [6.07, 6.45) is 0. The van der Waals surface area contributed by atoms with E-state index in [1.54, 1.807) is 12.1 Å². The van der Waals surface area contributed by atoms with Crippen molar-refractivity contribution in [3.8, 4) is 0 Å². The number of hydrogen-bond donors (Lipinski definition) is 1. The van der Waals surface area contributed by atoms with E-state index in [9.17, 15) is 9.18 Å². The van der Waals surface area contributed by atoms with Crippen LogP contribution in [0, 0.1) is 12.7 Å². The first-order valence-corrected chi connectivity index (χ1v) is 7.41. The maximum absolute atomic E-state index is 12.8. The van der Waals surface area contributed by atoms with Gasteiger partial charge in [-0.15, -0.1) is 11.3 Å². The van der Waals surface area contributed by atoms with Crippen molar-refractivity contribution in [1.29, 1.82) is 0 Å². The van der Waals surface area contributed by atoms with Gasteiger partial charge in [-0.1, -0.05) is 12.1 Å². The van der Waals surface area contributed by atoms with E-state index in [1.807, 2.05) is 25.9 Å². The number of amides is 1. The summed E-state index contributed by atoms with van der Waals surface area (Å²) in [5, 5.41) is 3.76. The minimum Gasteiger partial charge on any atom is -0.347 e. The summed E-state index contributed by atoms with van der Waals surface area (Å²) >= 11 is 1.41. The van der Waals surface area contributed by atoms with Crippen molar-refractivity contribution in [3.63, 3.8) is 0 Å². The molecule has 1 N–H and O–H groups in total. The van der Waals surface area contributed by atoms with Crippen molar-refractivity contribution in [2.45, 2.75) is 20.0 Å². The normalized spacial score (nSPS) is 10.9. The minimum absolute atomic E-state index is 0.140. The van der Waals surface area contributed by atoms with Crippen LogP contribution in [0.25, 0.3) is 0 Å². The third-order valence-electron chi connectivity index (χ3n) is 2.86. The molecule has 0 atom stereocenters. The van der Waals surface area contributed by atoms with Crippen molar-refractivity contribution in [2.24, 2.45) is 0 Å². The average molecular weight is 307 g/mol. The van der Waals surface area contributed by atoms with Gasteiger partial charge in [0.2, 0.25) is 0 Å². The highest BCUT2D eigenvalue weighted by atomic mass is 32.1. The van der Waals surface area contributed by atoms with Gasteiger partial charge in [0.25, 0.3) is 5.91 Å².